The van der Waals surface area contributed by atoms with Crippen LogP contribution in [0.2, 0.25) is 0 Å². The fourth-order valence-corrected chi connectivity index (χ4v) is 2.55. The first-order valence-corrected chi connectivity index (χ1v) is 6.04. The average Bonchev–Trinajstić information content (AvgIpc) is 2.60. The van der Waals surface area contributed by atoms with Crippen LogP contribution >= 0.6 is 0 Å². The van der Waals surface area contributed by atoms with E-state index in [1.54, 1.807) is 12.1 Å². The first-order chi connectivity index (χ1) is 8.34. The van der Waals surface area contributed by atoms with Gasteiger partial charge in [-0.25, -0.2) is 0 Å². The van der Waals surface area contributed by atoms with Gasteiger partial charge >= 0.3 is 0 Å². The molecule has 3 rings (SSSR count). The molecule has 0 atom stereocenters. The van der Waals surface area contributed by atoms with Crippen LogP contribution in [0, 0.1) is 0 Å². The van der Waals surface area contributed by atoms with Gasteiger partial charge in [-0.3, -0.25) is 4.79 Å². The Balaban J connectivity index is 2.30. The second-order valence-corrected chi connectivity index (χ2v) is 4.49. The van der Waals surface area contributed by atoms with Crippen molar-refractivity contribution in [2.75, 3.05) is 0 Å². The maximum absolute atomic E-state index is 11.5. The largest absolute Gasteiger partial charge is 0.290 e. The summed E-state index contributed by atoms with van der Waals surface area (Å²) in [5.41, 5.74) is 5.15. The summed E-state index contributed by atoms with van der Waals surface area (Å²) in [6.07, 6.45) is 11.8. The van der Waals surface area contributed by atoms with Gasteiger partial charge in [-0.15, -0.1) is 0 Å². The Morgan fingerprint density at radius 2 is 2.00 bits per heavy atom. The van der Waals surface area contributed by atoms with E-state index in [9.17, 15) is 4.79 Å². The predicted molar refractivity (Wildman–Crippen MR) is 71.7 cm³/mol. The van der Waals surface area contributed by atoms with Crippen molar-refractivity contribution in [2.45, 2.75) is 19.3 Å². The van der Waals surface area contributed by atoms with Gasteiger partial charge in [-0.2, -0.15) is 0 Å². The molecule has 0 saturated heterocycles. The number of hydrogen-bond donors (Lipinski definition) is 0. The number of allylic oxidation sites excluding steroid dienone is 5. The molecule has 17 heavy (non-hydrogen) atoms. The summed E-state index contributed by atoms with van der Waals surface area (Å²) in [5, 5.41) is 0. The lowest BCUT2D eigenvalue weighted by molar-refractivity contribution is 1.03. The molecule has 0 N–H and O–H groups in total. The molecule has 2 aliphatic carbocycles. The quantitative estimate of drug-likeness (QED) is 0.656. The molecule has 0 radical (unpaired) electrons. The van der Waals surface area contributed by atoms with E-state index in [0.29, 0.717) is 0 Å². The minimum Gasteiger partial charge on any atom is -0.290 e. The Morgan fingerprint density at radius 3 is 2.94 bits per heavy atom. The van der Waals surface area contributed by atoms with Crippen LogP contribution in [-0.4, -0.2) is 0 Å². The SMILES string of the molecule is O=c1cccc2c(c1)C=CCC1=C2CCC=C1. The molecule has 0 bridgehead atoms. The van der Waals surface area contributed by atoms with Crippen LogP contribution in [0.5, 0.6) is 0 Å². The Labute approximate surface area is 101 Å². The van der Waals surface area contributed by atoms with Gasteiger partial charge in [0.1, 0.15) is 0 Å². The molecule has 0 saturated carbocycles. The lowest BCUT2D eigenvalue weighted by Gasteiger charge is -2.14. The molecule has 0 fully saturated rings. The first kappa shape index (κ1) is 10.3. The van der Waals surface area contributed by atoms with Crippen molar-refractivity contribution in [3.8, 4) is 0 Å². The predicted octanol–water partition coefficient (Wildman–Crippen LogP) is 3.57. The zero-order chi connectivity index (χ0) is 11.7. The second-order valence-electron chi connectivity index (χ2n) is 4.49. The van der Waals surface area contributed by atoms with Gasteiger partial charge in [0.25, 0.3) is 0 Å². The normalized spacial score (nSPS) is 17.4. The highest BCUT2D eigenvalue weighted by Crippen LogP contribution is 2.34. The maximum atomic E-state index is 11.5. The molecule has 1 aromatic carbocycles. The van der Waals surface area contributed by atoms with Crippen LogP contribution < -0.4 is 5.43 Å². The van der Waals surface area contributed by atoms with Gasteiger partial charge in [0.05, 0.1) is 0 Å². The molecule has 0 aromatic heterocycles. The summed E-state index contributed by atoms with van der Waals surface area (Å²) in [6.45, 7) is 0. The van der Waals surface area contributed by atoms with E-state index in [4.69, 9.17) is 0 Å². The topological polar surface area (TPSA) is 17.1 Å². The van der Waals surface area contributed by atoms with Gasteiger partial charge in [0.2, 0.25) is 0 Å². The Kier molecular flexibility index (Phi) is 2.52. The number of fused-ring (bicyclic) bond motifs is 2. The zero-order valence-corrected chi connectivity index (χ0v) is 9.65. The van der Waals surface area contributed by atoms with Gasteiger partial charge in [-0.1, -0.05) is 36.4 Å². The molecule has 0 amide bonds. The number of rotatable bonds is 0. The Morgan fingerprint density at radius 1 is 1.06 bits per heavy atom. The molecule has 0 unspecified atom stereocenters. The molecule has 0 heterocycles. The second kappa shape index (κ2) is 4.17. The van der Waals surface area contributed by atoms with Crippen LogP contribution in [-0.2, 0) is 0 Å². The highest BCUT2D eigenvalue weighted by molar-refractivity contribution is 5.80. The molecular formula is C16H14O. The van der Waals surface area contributed by atoms with Crippen LogP contribution in [0.15, 0.2) is 52.9 Å². The van der Waals surface area contributed by atoms with Crippen LogP contribution in [0.3, 0.4) is 0 Å². The van der Waals surface area contributed by atoms with Crippen molar-refractivity contribution < 1.29 is 0 Å². The van der Waals surface area contributed by atoms with E-state index in [2.05, 4.69) is 30.4 Å². The monoisotopic (exact) mass is 222 g/mol. The molecule has 0 spiro atoms. The van der Waals surface area contributed by atoms with Crippen LogP contribution in [0.4, 0.5) is 0 Å². The van der Waals surface area contributed by atoms with Crippen molar-refractivity contribution >= 4 is 11.6 Å². The Hall–Kier alpha value is -1.89. The van der Waals surface area contributed by atoms with Gasteiger partial charge in [0.15, 0.2) is 5.43 Å². The zero-order valence-electron chi connectivity index (χ0n) is 9.65. The first-order valence-electron chi connectivity index (χ1n) is 6.04. The van der Waals surface area contributed by atoms with Crippen LogP contribution in [0.1, 0.15) is 30.4 Å². The highest BCUT2D eigenvalue weighted by Gasteiger charge is 2.14. The summed E-state index contributed by atoms with van der Waals surface area (Å²) in [6, 6.07) is 7.30. The molecule has 84 valence electrons. The van der Waals surface area contributed by atoms with Crippen molar-refractivity contribution in [1.82, 2.24) is 0 Å². The fraction of sp³-hybridized carbons (Fsp3) is 0.188. The summed E-state index contributed by atoms with van der Waals surface area (Å²) in [7, 11) is 0. The minimum atomic E-state index is 0.0753. The van der Waals surface area contributed by atoms with E-state index < -0.39 is 0 Å². The Bertz CT molecular complexity index is 603. The molecule has 1 heteroatoms. The molecule has 2 aliphatic rings. The summed E-state index contributed by atoms with van der Waals surface area (Å²) in [5.74, 6) is 0. The van der Waals surface area contributed by atoms with Gasteiger partial charge in [0, 0.05) is 0 Å². The van der Waals surface area contributed by atoms with E-state index >= 15 is 0 Å². The minimum absolute atomic E-state index is 0.0753. The number of hydrogen-bond acceptors (Lipinski definition) is 1. The fourth-order valence-electron chi connectivity index (χ4n) is 2.55. The average molecular weight is 222 g/mol. The molecule has 0 aliphatic heterocycles. The third-order valence-electron chi connectivity index (χ3n) is 3.36. The van der Waals surface area contributed by atoms with Gasteiger partial charge < -0.3 is 0 Å². The summed E-state index contributed by atoms with van der Waals surface area (Å²) >= 11 is 0. The van der Waals surface area contributed by atoms with Gasteiger partial charge in [-0.05, 0) is 53.7 Å². The van der Waals surface area contributed by atoms with Crippen molar-refractivity contribution in [1.29, 1.82) is 0 Å². The lowest BCUT2D eigenvalue weighted by atomic mass is 9.90. The van der Waals surface area contributed by atoms with E-state index in [0.717, 1.165) is 24.8 Å². The molecule has 1 nitrogen and oxygen atoms in total. The summed E-state index contributed by atoms with van der Waals surface area (Å²) < 4.78 is 0. The van der Waals surface area contributed by atoms with E-state index in [1.807, 2.05) is 6.07 Å². The lowest BCUT2D eigenvalue weighted by Crippen LogP contribution is -1.95. The van der Waals surface area contributed by atoms with Crippen LogP contribution in [0.25, 0.3) is 11.6 Å². The summed E-state index contributed by atoms with van der Waals surface area (Å²) in [4.78, 5) is 11.5. The third kappa shape index (κ3) is 1.89. The smallest absolute Gasteiger partial charge is 0.179 e. The van der Waals surface area contributed by atoms with Crippen molar-refractivity contribution in [3.05, 3.63) is 69.4 Å². The highest BCUT2D eigenvalue weighted by atomic mass is 16.1. The molecular weight excluding hydrogens is 208 g/mol. The van der Waals surface area contributed by atoms with E-state index in [1.165, 1.54) is 16.7 Å². The maximum Gasteiger partial charge on any atom is 0.179 e. The van der Waals surface area contributed by atoms with Crippen molar-refractivity contribution in [2.24, 2.45) is 0 Å². The van der Waals surface area contributed by atoms with E-state index in [-0.39, 0.29) is 5.43 Å². The standard InChI is InChI=1S/C16H14O/c17-14-8-4-10-16-13(11-14)7-3-6-12-5-1-2-9-15(12)16/h1,3-5,7-8,10-11H,2,6,9H2. The molecule has 1 aromatic rings. The third-order valence-corrected chi connectivity index (χ3v) is 3.36. The van der Waals surface area contributed by atoms with Crippen molar-refractivity contribution in [3.63, 3.8) is 0 Å².